The van der Waals surface area contributed by atoms with Crippen LogP contribution >= 0.6 is 0 Å². The molecule has 4 aromatic rings. The van der Waals surface area contributed by atoms with E-state index in [-0.39, 0.29) is 16.5 Å². The van der Waals surface area contributed by atoms with Crippen molar-refractivity contribution in [1.29, 1.82) is 0 Å². The summed E-state index contributed by atoms with van der Waals surface area (Å²) in [4.78, 5) is 17.8. The Morgan fingerprint density at radius 1 is 0.742 bits per heavy atom. The molecule has 1 heterocycles. The van der Waals surface area contributed by atoms with Gasteiger partial charge in [-0.3, -0.25) is 9.78 Å². The van der Waals surface area contributed by atoms with Crippen molar-refractivity contribution in [2.24, 2.45) is 0 Å². The predicted molar refractivity (Wildman–Crippen MR) is 123 cm³/mol. The Morgan fingerprint density at radius 2 is 1.39 bits per heavy atom. The monoisotopic (exact) mass is 454 g/mol. The molecule has 0 aliphatic rings. The van der Waals surface area contributed by atoms with Crippen LogP contribution in [0.3, 0.4) is 0 Å². The Bertz CT molecular complexity index is 1570. The third-order valence-corrected chi connectivity index (χ3v) is 8.04. The van der Waals surface area contributed by atoms with Crippen LogP contribution in [-0.2, 0) is 20.0 Å². The Balaban J connectivity index is 2.04. The van der Waals surface area contributed by atoms with E-state index in [1.165, 1.54) is 18.2 Å². The molecule has 0 N–H and O–H groups in total. The lowest BCUT2D eigenvalue weighted by Gasteiger charge is -2.19. The van der Waals surface area contributed by atoms with Gasteiger partial charge in [0.2, 0.25) is 20.0 Å². The predicted octanol–water partition coefficient (Wildman–Crippen LogP) is 3.14. The maximum atomic E-state index is 13.4. The van der Waals surface area contributed by atoms with E-state index < -0.39 is 20.0 Å². The molecular formula is C22H18N2O5S2. The normalized spacial score (nSPS) is 12.2. The molecule has 9 heteroatoms. The Morgan fingerprint density at radius 3 is 2.03 bits per heavy atom. The first kappa shape index (κ1) is 21.0. The second-order valence-electron chi connectivity index (χ2n) is 7.18. The zero-order valence-electron chi connectivity index (χ0n) is 16.7. The molecule has 0 radical (unpaired) electrons. The molecule has 158 valence electrons. The number of hydrogen-bond donors (Lipinski definition) is 0. The summed E-state index contributed by atoms with van der Waals surface area (Å²) in [6, 6.07) is 18.8. The summed E-state index contributed by atoms with van der Waals surface area (Å²) in [7, 11) is -8.26. The third kappa shape index (κ3) is 4.01. The van der Waals surface area contributed by atoms with E-state index in [9.17, 15) is 21.6 Å². The van der Waals surface area contributed by atoms with Crippen LogP contribution in [0.1, 0.15) is 0 Å². The fourth-order valence-corrected chi connectivity index (χ4v) is 6.48. The highest BCUT2D eigenvalue weighted by Gasteiger charge is 2.27. The van der Waals surface area contributed by atoms with Gasteiger partial charge in [-0.1, -0.05) is 42.5 Å². The van der Waals surface area contributed by atoms with Gasteiger partial charge in [0.25, 0.3) is 0 Å². The first-order valence-corrected chi connectivity index (χ1v) is 12.9. The van der Waals surface area contributed by atoms with Crippen LogP contribution in [0.25, 0.3) is 32.8 Å². The molecule has 4 rings (SSSR count). The lowest BCUT2D eigenvalue weighted by Crippen LogP contribution is -2.35. The van der Waals surface area contributed by atoms with E-state index in [4.69, 9.17) is 0 Å². The zero-order chi connectivity index (χ0) is 22.4. The third-order valence-electron chi connectivity index (χ3n) is 4.79. The molecule has 0 unspecified atom stereocenters. The minimum atomic E-state index is -4.13. The molecule has 0 aliphatic carbocycles. The molecule has 0 atom stereocenters. The molecule has 31 heavy (non-hydrogen) atoms. The Kier molecular flexibility index (Phi) is 5.03. The van der Waals surface area contributed by atoms with Crippen molar-refractivity contribution < 1.29 is 16.8 Å². The molecule has 1 aromatic heterocycles. The van der Waals surface area contributed by atoms with E-state index in [2.05, 4.69) is 4.98 Å². The highest BCUT2D eigenvalue weighted by atomic mass is 32.3. The highest BCUT2D eigenvalue weighted by molar-refractivity contribution is 8.09. The van der Waals surface area contributed by atoms with Crippen molar-refractivity contribution in [3.63, 3.8) is 0 Å². The van der Waals surface area contributed by atoms with Crippen molar-refractivity contribution >= 4 is 47.4 Å². The molecule has 0 spiro atoms. The van der Waals surface area contributed by atoms with Crippen LogP contribution < -0.4 is 9.14 Å². The molecule has 7 nitrogen and oxygen atoms in total. The minimum absolute atomic E-state index is 0.124. The van der Waals surface area contributed by atoms with E-state index in [0.29, 0.717) is 20.0 Å². The number of anilines is 1. The van der Waals surface area contributed by atoms with E-state index in [0.717, 1.165) is 23.6 Å². The van der Waals surface area contributed by atoms with Crippen molar-refractivity contribution in [2.45, 2.75) is 0 Å². The summed E-state index contributed by atoms with van der Waals surface area (Å²) in [5.41, 5.74) is 1.64. The summed E-state index contributed by atoms with van der Waals surface area (Å²) < 4.78 is 48.9. The molecule has 0 amide bonds. The fraction of sp³-hybridized carbons (Fsp3) is 0.0909. The van der Waals surface area contributed by atoms with E-state index in [1.807, 2.05) is 30.3 Å². The fourth-order valence-electron chi connectivity index (χ4n) is 3.52. The number of nitrogens with zero attached hydrogens (tertiary/aromatic N) is 2. The first-order valence-electron chi connectivity index (χ1n) is 9.18. The van der Waals surface area contributed by atoms with Crippen LogP contribution in [0.2, 0.25) is 0 Å². The number of rotatable bonds is 4. The van der Waals surface area contributed by atoms with Gasteiger partial charge in [0.1, 0.15) is 0 Å². The van der Waals surface area contributed by atoms with E-state index >= 15 is 0 Å². The Hall–Kier alpha value is -3.30. The van der Waals surface area contributed by atoms with Crippen LogP contribution in [-0.4, -0.2) is 34.3 Å². The lowest BCUT2D eigenvalue weighted by atomic mass is 10.1. The van der Waals surface area contributed by atoms with Crippen molar-refractivity contribution in [2.75, 3.05) is 16.2 Å². The van der Waals surface area contributed by atoms with Gasteiger partial charge in [0.05, 0.1) is 23.7 Å². The average molecular weight is 455 g/mol. The summed E-state index contributed by atoms with van der Waals surface area (Å²) in [6.45, 7) is 0. The summed E-state index contributed by atoms with van der Waals surface area (Å²) >= 11 is 0. The SMILES string of the molecule is CS(=O)(=O)N(c1ccc2ccc3ncc(-c4ccccc4)cc3c(=O)c2c1)S(C)(=O)=O. The van der Waals surface area contributed by atoms with Gasteiger partial charge < -0.3 is 0 Å². The van der Waals surface area contributed by atoms with Crippen LogP contribution in [0, 0.1) is 0 Å². The van der Waals surface area contributed by atoms with Crippen molar-refractivity contribution in [3.05, 3.63) is 83.2 Å². The molecular weight excluding hydrogens is 436 g/mol. The number of sulfonamides is 2. The van der Waals surface area contributed by atoms with Gasteiger partial charge in [-0.25, -0.2) is 16.8 Å². The Labute approximate surface area is 179 Å². The van der Waals surface area contributed by atoms with Gasteiger partial charge in [-0.05, 0) is 35.2 Å². The molecule has 0 fully saturated rings. The van der Waals surface area contributed by atoms with Gasteiger partial charge in [-0.2, -0.15) is 3.71 Å². The maximum absolute atomic E-state index is 13.4. The van der Waals surface area contributed by atoms with Crippen LogP contribution in [0.5, 0.6) is 0 Å². The summed E-state index contributed by atoms with van der Waals surface area (Å²) in [5, 5.41) is 1.07. The maximum Gasteiger partial charge on any atom is 0.245 e. The molecule has 3 aromatic carbocycles. The molecule has 0 bridgehead atoms. The van der Waals surface area contributed by atoms with Gasteiger partial charge >= 0.3 is 0 Å². The first-order chi connectivity index (χ1) is 14.6. The average Bonchev–Trinajstić information content (AvgIpc) is 2.83. The molecule has 0 saturated carbocycles. The quantitative estimate of drug-likeness (QED) is 0.470. The topological polar surface area (TPSA) is 101 Å². The lowest BCUT2D eigenvalue weighted by molar-refractivity contribution is 0.591. The second kappa shape index (κ2) is 7.44. The van der Waals surface area contributed by atoms with Crippen LogP contribution in [0.4, 0.5) is 5.69 Å². The van der Waals surface area contributed by atoms with E-state index in [1.54, 1.807) is 24.4 Å². The van der Waals surface area contributed by atoms with Gasteiger partial charge in [0.15, 0.2) is 5.43 Å². The number of aromatic nitrogens is 1. The largest absolute Gasteiger partial charge is 0.289 e. The number of pyridine rings is 1. The van der Waals surface area contributed by atoms with Gasteiger partial charge in [0, 0.05) is 22.5 Å². The van der Waals surface area contributed by atoms with Crippen molar-refractivity contribution in [1.82, 2.24) is 4.98 Å². The standard InChI is InChI=1S/C22H18N2O5S2/c1-30(26,27)24(31(2,28)29)18-10-8-16-9-11-21-20(22(25)19(16)13-18)12-17(14-23-21)15-6-4-3-5-7-15/h3-14H,1-2H3. The number of benzene rings is 2. The molecule has 0 aliphatic heterocycles. The minimum Gasteiger partial charge on any atom is -0.289 e. The van der Waals surface area contributed by atoms with Crippen molar-refractivity contribution in [3.8, 4) is 11.1 Å². The summed E-state index contributed by atoms with van der Waals surface area (Å²) in [6.07, 6.45) is 3.28. The number of fused-ring (bicyclic) bond motifs is 2. The van der Waals surface area contributed by atoms with Gasteiger partial charge in [-0.15, -0.1) is 0 Å². The van der Waals surface area contributed by atoms with Crippen LogP contribution in [0.15, 0.2) is 77.7 Å². The molecule has 0 saturated heterocycles. The second-order valence-corrected chi connectivity index (χ2v) is 11.1. The summed E-state index contributed by atoms with van der Waals surface area (Å²) in [5.74, 6) is 0. The smallest absolute Gasteiger partial charge is 0.245 e. The zero-order valence-corrected chi connectivity index (χ0v) is 18.3. The highest BCUT2D eigenvalue weighted by Crippen LogP contribution is 2.26. The number of hydrogen-bond acceptors (Lipinski definition) is 6.